The Bertz CT molecular complexity index is 5860. The molecule has 0 atom stereocenters. The van der Waals surface area contributed by atoms with Gasteiger partial charge >= 0.3 is 0 Å². The number of rotatable bonds is 8. The van der Waals surface area contributed by atoms with Gasteiger partial charge in [0.15, 0.2) is 0 Å². The highest BCUT2D eigenvalue weighted by Crippen LogP contribution is 2.58. The molecule has 4 aliphatic carbocycles. The molecule has 0 saturated heterocycles. The molecule has 560 valence electrons. The molecule has 0 amide bonds. The van der Waals surface area contributed by atoms with Crippen molar-refractivity contribution in [1.82, 2.24) is 0 Å². The zero-order chi connectivity index (χ0) is 78.2. The van der Waals surface area contributed by atoms with E-state index in [2.05, 4.69) is 496 Å². The predicted octanol–water partition coefficient (Wildman–Crippen LogP) is 33.4. The summed E-state index contributed by atoms with van der Waals surface area (Å²) in [5, 5.41) is 2.59. The van der Waals surface area contributed by atoms with E-state index < -0.39 is 0 Å². The molecule has 0 heterocycles. The van der Waals surface area contributed by atoms with E-state index in [0.29, 0.717) is 10.8 Å². The van der Waals surface area contributed by atoms with E-state index >= 15 is 0 Å². The van der Waals surface area contributed by atoms with Gasteiger partial charge < -0.3 is 0 Å². The monoisotopic (exact) mass is 1830 g/mol. The Morgan fingerprint density at radius 3 is 0.826 bits per heavy atom. The van der Waals surface area contributed by atoms with Crippen LogP contribution >= 0.6 is 77.0 Å². The molecule has 0 radical (unpaired) electrons. The van der Waals surface area contributed by atoms with Gasteiger partial charge in [-0.05, 0) is 294 Å². The van der Waals surface area contributed by atoms with Gasteiger partial charge in [0.2, 0.25) is 0 Å². The average Bonchev–Trinajstić information content (AvgIpc) is 1.57. The largest absolute Gasteiger partial charge is 0.0622 e. The molecule has 21 rings (SSSR count). The van der Waals surface area contributed by atoms with E-state index in [0.717, 1.165) is 8.95 Å². The number of halogens is 4. The second-order valence-electron chi connectivity index (χ2n) is 30.1. The van der Waals surface area contributed by atoms with Gasteiger partial charge in [0.1, 0.15) is 0 Å². The molecule has 4 aliphatic rings. The van der Waals surface area contributed by atoms with Crippen LogP contribution in [0.4, 0.5) is 0 Å². The molecule has 0 unspecified atom stereocenters. The second-order valence-corrected chi connectivity index (χ2v) is 34.4. The normalized spacial score (nSPS) is 13.2. The van der Waals surface area contributed by atoms with Crippen LogP contribution in [-0.4, -0.2) is 0 Å². The summed E-state index contributed by atoms with van der Waals surface area (Å²) in [7, 11) is 0. The Kier molecular flexibility index (Phi) is 25.4. The molecular weight excluding hydrogens is 1750 g/mol. The molecule has 2 fully saturated rings. The third kappa shape index (κ3) is 18.3. The summed E-state index contributed by atoms with van der Waals surface area (Å²) in [6.45, 7) is 0. The first-order valence-corrected chi connectivity index (χ1v) is 43.8. The molecule has 0 N–H and O–H groups in total. The summed E-state index contributed by atoms with van der Waals surface area (Å²) >= 11 is 11.7. The molecule has 0 nitrogen and oxygen atoms in total. The van der Waals surface area contributed by atoms with Crippen molar-refractivity contribution >= 4 is 87.8 Å². The van der Waals surface area contributed by atoms with Crippen molar-refractivity contribution in [3.05, 3.63) is 463 Å². The lowest BCUT2D eigenvalue weighted by Gasteiger charge is -2.35. The van der Waals surface area contributed by atoms with E-state index in [4.69, 9.17) is 0 Å². The van der Waals surface area contributed by atoms with Crippen LogP contribution in [-0.2, 0) is 10.8 Å². The Morgan fingerprint density at radius 1 is 0.183 bits per heavy atom. The van der Waals surface area contributed by atoms with Gasteiger partial charge in [0, 0.05) is 26.9 Å². The van der Waals surface area contributed by atoms with Gasteiger partial charge in [0.05, 0.1) is 0 Å². The SMILES string of the molecule is Brc1ccc(-c2cc(-c3ccccc3)cc(-c3ccccc3)c2)cc1.Brc1ccc(-c2cccc3ccccc23)cc1.Ic1cc(-c2ccccc2)cc(-c2ccccc2)c1.Ic1ccc(-c2cccc(-c3ccccc3)c2)cc1.c1ccc2c(c1)-c1ccccc1C21CCCC1.c1ccc2c(c1)-c1ccccc1C21CCCCC1. The Hall–Kier alpha value is -10.6. The minimum absolute atomic E-state index is 0.339. The predicted molar refractivity (Wildman–Crippen MR) is 514 cm³/mol. The first-order valence-electron chi connectivity index (χ1n) is 40.1. The summed E-state index contributed by atoms with van der Waals surface area (Å²) in [6, 6.07) is 151. The summed E-state index contributed by atoms with van der Waals surface area (Å²) in [5.74, 6) is 0. The topological polar surface area (TPSA) is 0 Å². The maximum Gasteiger partial charge on any atom is 0.0215 e. The maximum absolute atomic E-state index is 3.52. The maximum atomic E-state index is 3.52. The van der Waals surface area contributed by atoms with Crippen molar-refractivity contribution in [3.8, 4) is 111 Å². The molecule has 0 aliphatic heterocycles. The summed E-state index contributed by atoms with van der Waals surface area (Å²) in [6.07, 6.45) is 12.3. The van der Waals surface area contributed by atoms with E-state index in [-0.39, 0.29) is 0 Å². The number of fused-ring (bicyclic) bond motifs is 11. The Morgan fingerprint density at radius 2 is 0.435 bits per heavy atom. The summed E-state index contributed by atoms with van der Waals surface area (Å²) < 4.78 is 4.73. The van der Waals surface area contributed by atoms with Crippen LogP contribution in [0.3, 0.4) is 0 Å². The van der Waals surface area contributed by atoms with Gasteiger partial charge in [0.25, 0.3) is 0 Å². The van der Waals surface area contributed by atoms with Crippen molar-refractivity contribution in [2.75, 3.05) is 0 Å². The third-order valence-electron chi connectivity index (χ3n) is 23.0. The quantitative estimate of drug-likeness (QED) is 0.133. The fourth-order valence-corrected chi connectivity index (χ4v) is 19.1. The molecule has 4 heteroatoms. The first-order chi connectivity index (χ1) is 56.6. The van der Waals surface area contributed by atoms with Gasteiger partial charge in [-0.3, -0.25) is 0 Å². The van der Waals surface area contributed by atoms with Gasteiger partial charge in [-0.1, -0.05) is 410 Å². The first kappa shape index (κ1) is 78.3. The minimum Gasteiger partial charge on any atom is -0.0622 e. The highest BCUT2D eigenvalue weighted by atomic mass is 127. The minimum atomic E-state index is 0.339. The van der Waals surface area contributed by atoms with E-state index in [1.54, 1.807) is 22.3 Å². The van der Waals surface area contributed by atoms with Gasteiger partial charge in [-0.15, -0.1) is 0 Å². The molecule has 0 aromatic heterocycles. The Labute approximate surface area is 723 Å². The van der Waals surface area contributed by atoms with Crippen LogP contribution in [0, 0.1) is 7.14 Å². The van der Waals surface area contributed by atoms with Crippen molar-refractivity contribution in [1.29, 1.82) is 0 Å². The second kappa shape index (κ2) is 37.4. The standard InChI is InChI=1S/C24H17Br.2C18H13I.C18H18.C17H16.C16H11Br/c25-24-13-11-20(12-14-24)23-16-21(18-7-3-1-4-8-18)15-22(17-23)19-9-5-2-6-10-19;19-18-12-16(14-7-3-1-4-8-14)11-17(13-18)15-9-5-2-6-10-15;19-18-11-9-15(10-12-18)17-8-4-7-16(13-17)14-5-2-1-3-6-14;1-6-12-18(13-7-1)16-10-4-2-8-14(16)15-9-3-5-11-17(15)18;1-3-9-15-13(7-1)14-8-2-4-10-16(14)17(15)11-5-6-12-17;17-14-10-8-13(9-11-14)16-7-3-5-12-4-1-2-6-15(12)16/h1-17H;2*1-13H;2-5,8-11H,1,6-7,12-13H2;1-4,7-10H,5-6,11-12H2;1-11H. The summed E-state index contributed by atoms with van der Waals surface area (Å²) in [5.41, 5.74) is 33.0. The van der Waals surface area contributed by atoms with Crippen molar-refractivity contribution in [2.45, 2.75) is 68.6 Å². The molecule has 0 bridgehead atoms. The molecule has 17 aromatic rings. The van der Waals surface area contributed by atoms with Crippen molar-refractivity contribution in [3.63, 3.8) is 0 Å². The summed E-state index contributed by atoms with van der Waals surface area (Å²) in [4.78, 5) is 0. The van der Waals surface area contributed by atoms with Crippen molar-refractivity contribution in [2.24, 2.45) is 0 Å². The average molecular weight is 1840 g/mol. The smallest absolute Gasteiger partial charge is 0.0215 e. The number of benzene rings is 17. The van der Waals surface area contributed by atoms with E-state index in [1.165, 1.54) is 187 Å². The third-order valence-corrected chi connectivity index (χ3v) is 25.4. The zero-order valence-electron chi connectivity index (χ0n) is 64.3. The van der Waals surface area contributed by atoms with Gasteiger partial charge in [-0.25, -0.2) is 0 Å². The van der Waals surface area contributed by atoms with Crippen LogP contribution in [0.25, 0.3) is 122 Å². The molecule has 2 saturated carbocycles. The van der Waals surface area contributed by atoms with E-state index in [1.807, 2.05) is 6.07 Å². The van der Waals surface area contributed by atoms with Crippen LogP contribution in [0.1, 0.15) is 80.0 Å². The zero-order valence-corrected chi connectivity index (χ0v) is 71.8. The molecular formula is C111H88Br2I2. The molecule has 2 spiro atoms. The van der Waals surface area contributed by atoms with Crippen LogP contribution in [0.15, 0.2) is 434 Å². The molecule has 17 aromatic carbocycles. The van der Waals surface area contributed by atoms with Crippen LogP contribution in [0.5, 0.6) is 0 Å². The van der Waals surface area contributed by atoms with Crippen LogP contribution in [0.2, 0.25) is 0 Å². The fraction of sp³-hybridized carbons (Fsp3) is 0.0991. The van der Waals surface area contributed by atoms with Crippen LogP contribution < -0.4 is 0 Å². The van der Waals surface area contributed by atoms with Gasteiger partial charge in [-0.2, -0.15) is 0 Å². The highest BCUT2D eigenvalue weighted by Gasteiger charge is 2.45. The lowest BCUT2D eigenvalue weighted by Crippen LogP contribution is -2.27. The Balaban J connectivity index is 0.000000104. The molecule has 115 heavy (non-hydrogen) atoms. The number of hydrogen-bond acceptors (Lipinski definition) is 0. The highest BCUT2D eigenvalue weighted by molar-refractivity contribution is 14.1. The van der Waals surface area contributed by atoms with E-state index in [9.17, 15) is 0 Å². The van der Waals surface area contributed by atoms with Crippen molar-refractivity contribution < 1.29 is 0 Å². The number of hydrogen-bond donors (Lipinski definition) is 0. The fourth-order valence-electron chi connectivity index (χ4n) is 17.5. The lowest BCUT2D eigenvalue weighted by atomic mass is 9.68. The lowest BCUT2D eigenvalue weighted by molar-refractivity contribution is 0.353.